The molecule has 1 heterocycles. The molecule has 6 heteroatoms. The maximum atomic E-state index is 12.7. The molecule has 1 saturated heterocycles. The van der Waals surface area contributed by atoms with Crippen LogP contribution in [-0.2, 0) is 21.4 Å². The van der Waals surface area contributed by atoms with Crippen molar-refractivity contribution in [1.29, 1.82) is 0 Å². The predicted molar refractivity (Wildman–Crippen MR) is 91.5 cm³/mol. The molecule has 0 amide bonds. The molecular formula is C18H21NO4S. The fraction of sp³-hybridized carbons (Fsp3) is 0.333. The number of sulfonamides is 1. The Morgan fingerprint density at radius 2 is 1.79 bits per heavy atom. The number of hydrogen-bond acceptors (Lipinski definition) is 4. The molecule has 0 atom stereocenters. The summed E-state index contributed by atoms with van der Waals surface area (Å²) in [5, 5.41) is 0. The number of nitrogens with zero attached hydrogens (tertiary/aromatic N) is 1. The molecule has 1 aliphatic heterocycles. The van der Waals surface area contributed by atoms with Gasteiger partial charge in [0.1, 0.15) is 12.4 Å². The fourth-order valence-electron chi connectivity index (χ4n) is 2.53. The molecule has 0 radical (unpaired) electrons. The molecule has 2 aromatic rings. The second kappa shape index (κ2) is 7.34. The van der Waals surface area contributed by atoms with Gasteiger partial charge in [0.05, 0.1) is 18.1 Å². The zero-order chi connectivity index (χ0) is 17.0. The van der Waals surface area contributed by atoms with Crippen LogP contribution in [0.15, 0.2) is 53.4 Å². The molecule has 0 unspecified atom stereocenters. The first-order chi connectivity index (χ1) is 11.6. The minimum Gasteiger partial charge on any atom is -0.489 e. The van der Waals surface area contributed by atoms with E-state index in [9.17, 15) is 8.42 Å². The summed E-state index contributed by atoms with van der Waals surface area (Å²) < 4.78 is 37.8. The average Bonchev–Trinajstić information content (AvgIpc) is 2.62. The minimum atomic E-state index is -3.48. The summed E-state index contributed by atoms with van der Waals surface area (Å²) >= 11 is 0. The standard InChI is InChI=1S/C18H21NO4S/c1-15-5-7-17(8-6-15)23-14-16-3-2-4-18(13-16)24(20,21)19-9-11-22-12-10-19/h2-8,13H,9-12,14H2,1H3. The molecule has 1 fully saturated rings. The molecule has 3 rings (SSSR count). The monoisotopic (exact) mass is 347 g/mol. The first-order valence-electron chi connectivity index (χ1n) is 7.92. The molecule has 24 heavy (non-hydrogen) atoms. The highest BCUT2D eigenvalue weighted by Crippen LogP contribution is 2.20. The van der Waals surface area contributed by atoms with E-state index in [0.717, 1.165) is 11.3 Å². The highest BCUT2D eigenvalue weighted by atomic mass is 32.2. The zero-order valence-corrected chi connectivity index (χ0v) is 14.5. The van der Waals surface area contributed by atoms with Crippen molar-refractivity contribution in [2.75, 3.05) is 26.3 Å². The van der Waals surface area contributed by atoms with Crippen LogP contribution in [0.25, 0.3) is 0 Å². The van der Waals surface area contributed by atoms with E-state index >= 15 is 0 Å². The van der Waals surface area contributed by atoms with Crippen LogP contribution in [0.4, 0.5) is 0 Å². The largest absolute Gasteiger partial charge is 0.489 e. The number of aryl methyl sites for hydroxylation is 1. The van der Waals surface area contributed by atoms with E-state index in [1.165, 1.54) is 9.87 Å². The van der Waals surface area contributed by atoms with Gasteiger partial charge in [-0.3, -0.25) is 0 Å². The van der Waals surface area contributed by atoms with E-state index in [2.05, 4.69) is 0 Å². The second-order valence-corrected chi connectivity index (χ2v) is 7.70. The Bertz CT molecular complexity index is 781. The van der Waals surface area contributed by atoms with E-state index < -0.39 is 10.0 Å². The van der Waals surface area contributed by atoms with Gasteiger partial charge in [0.2, 0.25) is 10.0 Å². The van der Waals surface area contributed by atoms with Crippen LogP contribution in [0.2, 0.25) is 0 Å². The Labute approximate surface area is 142 Å². The Kier molecular flexibility index (Phi) is 5.18. The first kappa shape index (κ1) is 17.0. The van der Waals surface area contributed by atoms with Gasteiger partial charge >= 0.3 is 0 Å². The van der Waals surface area contributed by atoms with E-state index in [4.69, 9.17) is 9.47 Å². The Hall–Kier alpha value is -1.89. The van der Waals surface area contributed by atoms with Gasteiger partial charge in [0.15, 0.2) is 0 Å². The molecule has 0 spiro atoms. The fourth-order valence-corrected chi connectivity index (χ4v) is 4.01. The maximum Gasteiger partial charge on any atom is 0.243 e. The molecule has 1 aliphatic rings. The molecule has 0 N–H and O–H groups in total. The molecule has 0 aliphatic carbocycles. The molecule has 128 valence electrons. The van der Waals surface area contributed by atoms with Crippen LogP contribution in [0, 0.1) is 6.92 Å². The number of benzene rings is 2. The van der Waals surface area contributed by atoms with Crippen molar-refractivity contribution < 1.29 is 17.9 Å². The van der Waals surface area contributed by atoms with Crippen LogP contribution in [0.3, 0.4) is 0 Å². The SMILES string of the molecule is Cc1ccc(OCc2cccc(S(=O)(=O)N3CCOCC3)c2)cc1. The first-order valence-corrected chi connectivity index (χ1v) is 9.36. The summed E-state index contributed by atoms with van der Waals surface area (Å²) in [6, 6.07) is 14.7. The average molecular weight is 347 g/mol. The molecule has 0 saturated carbocycles. The second-order valence-electron chi connectivity index (χ2n) is 5.77. The maximum absolute atomic E-state index is 12.7. The quantitative estimate of drug-likeness (QED) is 0.834. The number of hydrogen-bond donors (Lipinski definition) is 0. The van der Waals surface area contributed by atoms with Crippen molar-refractivity contribution in [1.82, 2.24) is 4.31 Å². The molecule has 0 aromatic heterocycles. The van der Waals surface area contributed by atoms with Crippen LogP contribution in [-0.4, -0.2) is 39.0 Å². The minimum absolute atomic E-state index is 0.300. The third-order valence-corrected chi connectivity index (χ3v) is 5.83. The van der Waals surface area contributed by atoms with Gasteiger partial charge in [-0.2, -0.15) is 4.31 Å². The number of rotatable bonds is 5. The van der Waals surface area contributed by atoms with Crippen molar-refractivity contribution >= 4 is 10.0 Å². The molecular weight excluding hydrogens is 326 g/mol. The Morgan fingerprint density at radius 1 is 1.08 bits per heavy atom. The van der Waals surface area contributed by atoms with Gasteiger partial charge in [-0.05, 0) is 36.8 Å². The summed E-state index contributed by atoms with van der Waals surface area (Å²) in [7, 11) is -3.48. The van der Waals surface area contributed by atoms with E-state index in [1.54, 1.807) is 18.2 Å². The van der Waals surface area contributed by atoms with E-state index in [1.807, 2.05) is 37.3 Å². The zero-order valence-electron chi connectivity index (χ0n) is 13.6. The van der Waals surface area contributed by atoms with Crippen LogP contribution >= 0.6 is 0 Å². The Morgan fingerprint density at radius 3 is 2.50 bits per heavy atom. The van der Waals surface area contributed by atoms with Crippen LogP contribution in [0.1, 0.15) is 11.1 Å². The van der Waals surface area contributed by atoms with Gasteiger partial charge in [-0.25, -0.2) is 8.42 Å². The summed E-state index contributed by atoms with van der Waals surface area (Å²) in [5.41, 5.74) is 1.99. The van der Waals surface area contributed by atoms with Gasteiger partial charge in [0.25, 0.3) is 0 Å². The van der Waals surface area contributed by atoms with E-state index in [0.29, 0.717) is 37.8 Å². The van der Waals surface area contributed by atoms with Crippen molar-refractivity contribution in [3.05, 3.63) is 59.7 Å². The van der Waals surface area contributed by atoms with Gasteiger partial charge in [-0.15, -0.1) is 0 Å². The van der Waals surface area contributed by atoms with Crippen LogP contribution < -0.4 is 4.74 Å². The normalized spacial score (nSPS) is 16.0. The molecule has 0 bridgehead atoms. The van der Waals surface area contributed by atoms with Gasteiger partial charge < -0.3 is 9.47 Å². The lowest BCUT2D eigenvalue weighted by Gasteiger charge is -2.26. The number of morpholine rings is 1. The molecule has 2 aromatic carbocycles. The smallest absolute Gasteiger partial charge is 0.243 e. The van der Waals surface area contributed by atoms with Gasteiger partial charge in [0, 0.05) is 13.1 Å². The van der Waals surface area contributed by atoms with Crippen molar-refractivity contribution in [3.63, 3.8) is 0 Å². The lowest BCUT2D eigenvalue weighted by atomic mass is 10.2. The third kappa shape index (κ3) is 3.95. The lowest BCUT2D eigenvalue weighted by Crippen LogP contribution is -2.40. The highest BCUT2D eigenvalue weighted by Gasteiger charge is 2.26. The lowest BCUT2D eigenvalue weighted by molar-refractivity contribution is 0.0730. The summed E-state index contributed by atoms with van der Waals surface area (Å²) in [6.45, 7) is 4.02. The Balaban J connectivity index is 1.72. The topological polar surface area (TPSA) is 55.8 Å². The van der Waals surface area contributed by atoms with Crippen molar-refractivity contribution in [3.8, 4) is 5.75 Å². The summed E-state index contributed by atoms with van der Waals surface area (Å²) in [4.78, 5) is 0.300. The predicted octanol–water partition coefficient (Wildman–Crippen LogP) is 2.59. The molecule has 5 nitrogen and oxygen atoms in total. The summed E-state index contributed by atoms with van der Waals surface area (Å²) in [5.74, 6) is 0.766. The van der Waals surface area contributed by atoms with Crippen LogP contribution in [0.5, 0.6) is 5.75 Å². The van der Waals surface area contributed by atoms with Gasteiger partial charge in [-0.1, -0.05) is 29.8 Å². The number of ether oxygens (including phenoxy) is 2. The van der Waals surface area contributed by atoms with E-state index in [-0.39, 0.29) is 0 Å². The van der Waals surface area contributed by atoms with Crippen molar-refractivity contribution in [2.45, 2.75) is 18.4 Å². The highest BCUT2D eigenvalue weighted by molar-refractivity contribution is 7.89. The summed E-state index contributed by atoms with van der Waals surface area (Å²) in [6.07, 6.45) is 0. The third-order valence-electron chi connectivity index (χ3n) is 3.93. The van der Waals surface area contributed by atoms with Crippen molar-refractivity contribution in [2.24, 2.45) is 0 Å².